The third kappa shape index (κ3) is 2.37. The van der Waals surface area contributed by atoms with E-state index in [9.17, 15) is 4.79 Å². The van der Waals surface area contributed by atoms with Crippen LogP contribution in [0.2, 0.25) is 0 Å². The Hall–Kier alpha value is -2.23. The number of benzene rings is 1. The van der Waals surface area contributed by atoms with Crippen LogP contribution < -0.4 is 5.73 Å². The number of nitrogens with zero attached hydrogens (tertiary/aromatic N) is 1. The predicted molar refractivity (Wildman–Crippen MR) is 71.7 cm³/mol. The Kier molecular flexibility index (Phi) is 3.37. The molecule has 0 fully saturated rings. The molecule has 0 aliphatic heterocycles. The normalized spacial score (nSPS) is 11.8. The molecule has 0 saturated heterocycles. The summed E-state index contributed by atoms with van der Waals surface area (Å²) >= 11 is 0. The molecule has 4 nitrogen and oxygen atoms in total. The number of carbonyl (C=O) groups is 1. The second-order valence-electron chi connectivity index (χ2n) is 4.05. The van der Waals surface area contributed by atoms with E-state index < -0.39 is 5.97 Å². The number of nitrogens with two attached hydrogens (primary N) is 1. The first-order chi connectivity index (χ1) is 8.61. The molecule has 18 heavy (non-hydrogen) atoms. The fourth-order valence-corrected chi connectivity index (χ4v) is 1.86. The maximum absolute atomic E-state index is 11.3. The zero-order valence-electron chi connectivity index (χ0n) is 10.5. The van der Waals surface area contributed by atoms with E-state index in [0.29, 0.717) is 12.3 Å². The van der Waals surface area contributed by atoms with Crippen molar-refractivity contribution in [2.75, 3.05) is 6.61 Å². The van der Waals surface area contributed by atoms with Gasteiger partial charge in [0.25, 0.3) is 0 Å². The van der Waals surface area contributed by atoms with Crippen molar-refractivity contribution in [3.05, 3.63) is 42.1 Å². The van der Waals surface area contributed by atoms with Crippen LogP contribution in [0.1, 0.15) is 12.5 Å². The summed E-state index contributed by atoms with van der Waals surface area (Å²) in [4.78, 5) is 11.3. The summed E-state index contributed by atoms with van der Waals surface area (Å²) < 4.78 is 6.86. The molecular weight excluding hydrogens is 228 g/mol. The molecule has 0 aliphatic carbocycles. The van der Waals surface area contributed by atoms with E-state index in [4.69, 9.17) is 10.5 Å². The molecule has 1 aromatic carbocycles. The van der Waals surface area contributed by atoms with E-state index in [1.807, 2.05) is 42.1 Å². The van der Waals surface area contributed by atoms with Gasteiger partial charge in [-0.25, -0.2) is 4.79 Å². The van der Waals surface area contributed by atoms with Crippen LogP contribution in [0, 0.1) is 0 Å². The number of fused-ring (bicyclic) bond motifs is 1. The molecule has 0 aliphatic rings. The molecule has 0 unspecified atom stereocenters. The lowest BCUT2D eigenvalue weighted by atomic mass is 10.1. The molecule has 0 atom stereocenters. The number of esters is 1. The van der Waals surface area contributed by atoms with Gasteiger partial charge in [-0.15, -0.1) is 0 Å². The number of hydrogen-bond donors (Lipinski definition) is 1. The van der Waals surface area contributed by atoms with Gasteiger partial charge in [0.05, 0.1) is 6.61 Å². The van der Waals surface area contributed by atoms with Gasteiger partial charge in [0.1, 0.15) is 0 Å². The van der Waals surface area contributed by atoms with Gasteiger partial charge in [-0.2, -0.15) is 0 Å². The molecule has 4 heteroatoms. The van der Waals surface area contributed by atoms with Crippen LogP contribution in [-0.2, 0) is 16.6 Å². The van der Waals surface area contributed by atoms with Crippen molar-refractivity contribution in [2.24, 2.45) is 12.8 Å². The molecule has 0 radical (unpaired) electrons. The molecule has 2 rings (SSSR count). The first-order valence-corrected chi connectivity index (χ1v) is 5.81. The minimum Gasteiger partial charge on any atom is -0.463 e. The molecule has 0 saturated carbocycles. The lowest BCUT2D eigenvalue weighted by molar-refractivity contribution is -0.137. The summed E-state index contributed by atoms with van der Waals surface area (Å²) in [6, 6.07) is 7.85. The number of hydrogen-bond acceptors (Lipinski definition) is 3. The SMILES string of the molecule is CCOC(=O)/C=C(\N)c1ccc2c(ccn2C)c1. The van der Waals surface area contributed by atoms with Crippen molar-refractivity contribution in [1.82, 2.24) is 4.57 Å². The van der Waals surface area contributed by atoms with E-state index in [-0.39, 0.29) is 0 Å². The third-order valence-electron chi connectivity index (χ3n) is 2.78. The highest BCUT2D eigenvalue weighted by molar-refractivity contribution is 5.92. The number of rotatable bonds is 3. The molecule has 1 aromatic heterocycles. The largest absolute Gasteiger partial charge is 0.463 e. The quantitative estimate of drug-likeness (QED) is 0.664. The maximum atomic E-state index is 11.3. The van der Waals surface area contributed by atoms with Crippen molar-refractivity contribution in [2.45, 2.75) is 6.92 Å². The number of aromatic nitrogens is 1. The molecule has 0 amide bonds. The van der Waals surface area contributed by atoms with Crippen molar-refractivity contribution >= 4 is 22.6 Å². The first-order valence-electron chi connectivity index (χ1n) is 5.81. The molecule has 0 bridgehead atoms. The van der Waals surface area contributed by atoms with Crippen molar-refractivity contribution in [3.63, 3.8) is 0 Å². The Labute approximate surface area is 106 Å². The Morgan fingerprint density at radius 1 is 1.44 bits per heavy atom. The average molecular weight is 244 g/mol. The van der Waals surface area contributed by atoms with E-state index in [1.54, 1.807) is 6.92 Å². The van der Waals surface area contributed by atoms with Gasteiger partial charge < -0.3 is 15.0 Å². The molecule has 1 heterocycles. The highest BCUT2D eigenvalue weighted by atomic mass is 16.5. The van der Waals surface area contributed by atoms with Crippen LogP contribution in [0.5, 0.6) is 0 Å². The van der Waals surface area contributed by atoms with Crippen LogP contribution >= 0.6 is 0 Å². The fourth-order valence-electron chi connectivity index (χ4n) is 1.86. The average Bonchev–Trinajstić information content (AvgIpc) is 2.71. The second kappa shape index (κ2) is 4.96. The van der Waals surface area contributed by atoms with Crippen LogP contribution in [0.25, 0.3) is 16.6 Å². The zero-order valence-corrected chi connectivity index (χ0v) is 10.5. The summed E-state index contributed by atoms with van der Waals surface area (Å²) in [5, 5.41) is 1.09. The zero-order chi connectivity index (χ0) is 13.1. The van der Waals surface area contributed by atoms with Crippen LogP contribution in [0.3, 0.4) is 0 Å². The Balaban J connectivity index is 2.33. The molecule has 0 spiro atoms. The summed E-state index contributed by atoms with van der Waals surface area (Å²) in [7, 11) is 1.99. The van der Waals surface area contributed by atoms with Gasteiger partial charge in [-0.05, 0) is 30.7 Å². The summed E-state index contributed by atoms with van der Waals surface area (Å²) in [5.41, 5.74) is 8.24. The lowest BCUT2D eigenvalue weighted by Gasteiger charge is -2.03. The number of aryl methyl sites for hydroxylation is 1. The third-order valence-corrected chi connectivity index (χ3v) is 2.78. The standard InChI is InChI=1S/C14H16N2O2/c1-3-18-14(17)9-12(15)10-4-5-13-11(8-10)6-7-16(13)2/h4-9H,3,15H2,1-2H3/b12-9-. The van der Waals surface area contributed by atoms with E-state index >= 15 is 0 Å². The smallest absolute Gasteiger partial charge is 0.332 e. The van der Waals surface area contributed by atoms with E-state index in [1.165, 1.54) is 6.08 Å². The molecule has 94 valence electrons. The van der Waals surface area contributed by atoms with Crippen LogP contribution in [0.4, 0.5) is 0 Å². The summed E-state index contributed by atoms with van der Waals surface area (Å²) in [6.07, 6.45) is 3.30. The van der Waals surface area contributed by atoms with Crippen molar-refractivity contribution in [1.29, 1.82) is 0 Å². The maximum Gasteiger partial charge on any atom is 0.332 e. The Morgan fingerprint density at radius 3 is 2.94 bits per heavy atom. The minimum absolute atomic E-state index is 0.348. The predicted octanol–water partition coefficient (Wildman–Crippen LogP) is 2.04. The Bertz CT molecular complexity index is 611. The monoisotopic (exact) mass is 244 g/mol. The molecule has 2 aromatic rings. The van der Waals surface area contributed by atoms with Crippen LogP contribution in [0.15, 0.2) is 36.5 Å². The summed E-state index contributed by atoms with van der Waals surface area (Å²) in [5.74, 6) is -0.414. The molecular formula is C14H16N2O2. The van der Waals surface area contributed by atoms with Gasteiger partial charge >= 0.3 is 5.97 Å². The van der Waals surface area contributed by atoms with Crippen molar-refractivity contribution < 1.29 is 9.53 Å². The van der Waals surface area contributed by atoms with Gasteiger partial charge in [-0.3, -0.25) is 0 Å². The van der Waals surface area contributed by atoms with Gasteiger partial charge in [-0.1, -0.05) is 6.07 Å². The highest BCUT2D eigenvalue weighted by Gasteiger charge is 2.04. The van der Waals surface area contributed by atoms with E-state index in [0.717, 1.165) is 16.5 Å². The topological polar surface area (TPSA) is 57.2 Å². The van der Waals surface area contributed by atoms with Crippen molar-refractivity contribution in [3.8, 4) is 0 Å². The number of carbonyl (C=O) groups excluding carboxylic acids is 1. The Morgan fingerprint density at radius 2 is 2.22 bits per heavy atom. The minimum atomic E-state index is -0.414. The fraction of sp³-hybridized carbons (Fsp3) is 0.214. The van der Waals surface area contributed by atoms with Gasteiger partial charge in [0.2, 0.25) is 0 Å². The van der Waals surface area contributed by atoms with E-state index in [2.05, 4.69) is 0 Å². The lowest BCUT2D eigenvalue weighted by Crippen LogP contribution is -2.05. The first kappa shape index (κ1) is 12.2. The number of ether oxygens (including phenoxy) is 1. The molecule has 2 N–H and O–H groups in total. The second-order valence-corrected chi connectivity index (χ2v) is 4.05. The van der Waals surface area contributed by atoms with Gasteiger partial charge in [0, 0.05) is 35.9 Å². The summed E-state index contributed by atoms with van der Waals surface area (Å²) in [6.45, 7) is 2.11. The highest BCUT2D eigenvalue weighted by Crippen LogP contribution is 2.19. The van der Waals surface area contributed by atoms with Crippen LogP contribution in [-0.4, -0.2) is 17.1 Å². The van der Waals surface area contributed by atoms with Gasteiger partial charge in [0.15, 0.2) is 0 Å².